The zero-order valence-corrected chi connectivity index (χ0v) is 13.5. The second-order valence-electron chi connectivity index (χ2n) is 4.45. The second kappa shape index (κ2) is 8.17. The van der Waals surface area contributed by atoms with E-state index in [0.717, 1.165) is 6.26 Å². The van der Waals surface area contributed by atoms with E-state index in [2.05, 4.69) is 10.6 Å². The molecule has 0 radical (unpaired) electrons. The highest BCUT2D eigenvalue weighted by atomic mass is 32.2. The number of nitrogens with one attached hydrogen (secondary N) is 2. The molecule has 9 nitrogen and oxygen atoms in total. The molecule has 0 aromatic carbocycles. The van der Waals surface area contributed by atoms with Gasteiger partial charge in [-0.2, -0.15) is 0 Å². The van der Waals surface area contributed by atoms with E-state index >= 15 is 0 Å². The van der Waals surface area contributed by atoms with Crippen molar-refractivity contribution in [2.75, 3.05) is 30.1 Å². The number of carbonyl (C=O) groups excluding carboxylic acids is 1. The van der Waals surface area contributed by atoms with E-state index in [9.17, 15) is 26.4 Å². The maximum absolute atomic E-state index is 11.4. The average molecular weight is 344 g/mol. The summed E-state index contributed by atoms with van der Waals surface area (Å²) in [5.41, 5.74) is 0. The van der Waals surface area contributed by atoms with Crippen molar-refractivity contribution in [3.05, 3.63) is 0 Å². The van der Waals surface area contributed by atoms with Crippen molar-refractivity contribution in [3.63, 3.8) is 0 Å². The van der Waals surface area contributed by atoms with Gasteiger partial charge in [-0.1, -0.05) is 6.92 Å². The van der Waals surface area contributed by atoms with Gasteiger partial charge in [0.1, 0.15) is 15.9 Å². The average Bonchev–Trinajstić information content (AvgIpc) is 2.32. The lowest BCUT2D eigenvalue weighted by atomic mass is 10.2. The van der Waals surface area contributed by atoms with Crippen molar-refractivity contribution in [2.45, 2.75) is 19.4 Å². The Bertz CT molecular complexity index is 568. The molecule has 11 heteroatoms. The normalized spacial score (nSPS) is 13.4. The summed E-state index contributed by atoms with van der Waals surface area (Å²) in [4.78, 5) is 22.3. The van der Waals surface area contributed by atoms with Crippen LogP contribution >= 0.6 is 0 Å². The van der Waals surface area contributed by atoms with Gasteiger partial charge in [0.05, 0.1) is 11.5 Å². The van der Waals surface area contributed by atoms with E-state index < -0.39 is 37.7 Å². The topological polar surface area (TPSA) is 147 Å². The summed E-state index contributed by atoms with van der Waals surface area (Å²) in [7, 11) is -6.57. The molecular formula is C10H20N2O7S2. The fourth-order valence-electron chi connectivity index (χ4n) is 1.26. The molecule has 2 amide bonds. The number of rotatable bonds is 9. The van der Waals surface area contributed by atoms with Gasteiger partial charge in [0.2, 0.25) is 0 Å². The number of aliphatic carboxylic acids is 1. The number of carboxylic acids is 1. The number of amides is 2. The molecule has 0 bridgehead atoms. The smallest absolute Gasteiger partial charge is 0.326 e. The molecule has 0 saturated heterocycles. The van der Waals surface area contributed by atoms with E-state index in [1.165, 1.54) is 6.92 Å². The number of carbonyl (C=O) groups is 2. The minimum absolute atomic E-state index is 0.0532. The zero-order valence-electron chi connectivity index (χ0n) is 11.8. The SMILES string of the molecule is CCS(=O)(=O)CCNC(=O)NC(CCS(C)(=O)=O)C(=O)O. The maximum atomic E-state index is 11.4. The highest BCUT2D eigenvalue weighted by Gasteiger charge is 2.21. The predicted molar refractivity (Wildman–Crippen MR) is 76.6 cm³/mol. The van der Waals surface area contributed by atoms with Crippen LogP contribution in [0.3, 0.4) is 0 Å². The Morgan fingerprint density at radius 2 is 1.71 bits per heavy atom. The van der Waals surface area contributed by atoms with Gasteiger partial charge in [-0.05, 0) is 6.42 Å². The van der Waals surface area contributed by atoms with E-state index in [-0.39, 0.29) is 30.2 Å². The van der Waals surface area contributed by atoms with Gasteiger partial charge < -0.3 is 15.7 Å². The molecular weight excluding hydrogens is 324 g/mol. The number of urea groups is 1. The Morgan fingerprint density at radius 1 is 1.14 bits per heavy atom. The summed E-state index contributed by atoms with van der Waals surface area (Å²) in [5, 5.41) is 13.2. The van der Waals surface area contributed by atoms with Crippen LogP contribution in [0.15, 0.2) is 0 Å². The van der Waals surface area contributed by atoms with Crippen LogP contribution in [0.5, 0.6) is 0 Å². The zero-order chi connectivity index (χ0) is 16.7. The minimum Gasteiger partial charge on any atom is -0.480 e. The molecule has 0 aliphatic heterocycles. The van der Waals surface area contributed by atoms with Gasteiger partial charge in [0.15, 0.2) is 9.84 Å². The van der Waals surface area contributed by atoms with E-state index in [0.29, 0.717) is 0 Å². The first-order chi connectivity index (χ1) is 9.47. The lowest BCUT2D eigenvalue weighted by Gasteiger charge is -2.14. The molecule has 3 N–H and O–H groups in total. The molecule has 0 aromatic rings. The molecule has 0 aromatic heterocycles. The van der Waals surface area contributed by atoms with Gasteiger partial charge in [0.25, 0.3) is 0 Å². The maximum Gasteiger partial charge on any atom is 0.326 e. The molecule has 0 aliphatic carbocycles. The van der Waals surface area contributed by atoms with Gasteiger partial charge in [-0.15, -0.1) is 0 Å². The Hall–Kier alpha value is -1.36. The van der Waals surface area contributed by atoms with Gasteiger partial charge in [-0.3, -0.25) is 0 Å². The van der Waals surface area contributed by atoms with Crippen molar-refractivity contribution >= 4 is 31.7 Å². The molecule has 21 heavy (non-hydrogen) atoms. The predicted octanol–water partition coefficient (Wildman–Crippen LogP) is -1.39. The molecule has 0 aliphatic rings. The van der Waals surface area contributed by atoms with Crippen LogP contribution in [-0.2, 0) is 24.5 Å². The summed E-state index contributed by atoms with van der Waals surface area (Å²) in [6.45, 7) is 1.32. The van der Waals surface area contributed by atoms with Crippen molar-refractivity contribution in [2.24, 2.45) is 0 Å². The Morgan fingerprint density at radius 3 is 2.14 bits per heavy atom. The molecule has 0 saturated carbocycles. The van der Waals surface area contributed by atoms with Gasteiger partial charge >= 0.3 is 12.0 Å². The summed E-state index contributed by atoms with van der Waals surface area (Å²) in [6.07, 6.45) is 0.691. The van der Waals surface area contributed by atoms with E-state index in [1.807, 2.05) is 0 Å². The summed E-state index contributed by atoms with van der Waals surface area (Å²) in [5.74, 6) is -2.05. The van der Waals surface area contributed by atoms with Crippen LogP contribution in [0.25, 0.3) is 0 Å². The van der Waals surface area contributed by atoms with Crippen molar-refractivity contribution in [3.8, 4) is 0 Å². The monoisotopic (exact) mass is 344 g/mol. The minimum atomic E-state index is -3.34. The lowest BCUT2D eigenvalue weighted by Crippen LogP contribution is -2.47. The molecule has 0 spiro atoms. The largest absolute Gasteiger partial charge is 0.480 e. The first kappa shape index (κ1) is 19.6. The third-order valence-corrected chi connectivity index (χ3v) is 5.20. The van der Waals surface area contributed by atoms with Crippen LogP contribution in [0, 0.1) is 0 Å². The summed E-state index contributed by atoms with van der Waals surface area (Å²) >= 11 is 0. The van der Waals surface area contributed by atoms with Gasteiger partial charge in [-0.25, -0.2) is 26.4 Å². The summed E-state index contributed by atoms with van der Waals surface area (Å²) in [6, 6.07) is -2.22. The van der Waals surface area contributed by atoms with E-state index in [4.69, 9.17) is 5.11 Å². The molecule has 0 fully saturated rings. The van der Waals surface area contributed by atoms with Crippen LogP contribution in [0.1, 0.15) is 13.3 Å². The Labute approximate surface area is 123 Å². The van der Waals surface area contributed by atoms with Crippen molar-refractivity contribution in [1.82, 2.24) is 10.6 Å². The van der Waals surface area contributed by atoms with Crippen LogP contribution in [-0.4, -0.2) is 70.0 Å². The fraction of sp³-hybridized carbons (Fsp3) is 0.800. The quantitative estimate of drug-likeness (QED) is 0.466. The first-order valence-corrected chi connectivity index (χ1v) is 10.0. The molecule has 0 heterocycles. The van der Waals surface area contributed by atoms with Crippen molar-refractivity contribution < 1.29 is 31.5 Å². The lowest BCUT2D eigenvalue weighted by molar-refractivity contribution is -0.139. The molecule has 0 rings (SSSR count). The van der Waals surface area contributed by atoms with Crippen LogP contribution in [0.2, 0.25) is 0 Å². The standard InChI is InChI=1S/C10H20N2O7S2/c1-3-21(18,19)7-5-11-10(15)12-8(9(13)14)4-6-20(2,16)17/h8H,3-7H2,1-2H3,(H,13,14)(H2,11,12,15). The van der Waals surface area contributed by atoms with Crippen LogP contribution in [0.4, 0.5) is 4.79 Å². The highest BCUT2D eigenvalue weighted by Crippen LogP contribution is 1.97. The number of hydrogen-bond acceptors (Lipinski definition) is 6. The second-order valence-corrected chi connectivity index (χ2v) is 9.18. The fourth-order valence-corrected chi connectivity index (χ4v) is 2.63. The number of carboxylic acid groups (broad SMARTS) is 1. The Balaban J connectivity index is 4.33. The third-order valence-electron chi connectivity index (χ3n) is 2.52. The molecule has 1 unspecified atom stereocenters. The number of hydrogen-bond donors (Lipinski definition) is 3. The van der Waals surface area contributed by atoms with Gasteiger partial charge in [0, 0.05) is 18.6 Å². The Kier molecular flexibility index (Phi) is 7.64. The summed E-state index contributed by atoms with van der Waals surface area (Å²) < 4.78 is 44.3. The molecule has 1 atom stereocenters. The highest BCUT2D eigenvalue weighted by molar-refractivity contribution is 7.91. The number of sulfone groups is 2. The van der Waals surface area contributed by atoms with E-state index in [1.54, 1.807) is 0 Å². The van der Waals surface area contributed by atoms with Crippen molar-refractivity contribution in [1.29, 1.82) is 0 Å². The van der Waals surface area contributed by atoms with Crippen LogP contribution < -0.4 is 10.6 Å². The third kappa shape index (κ3) is 10.1. The molecule has 124 valence electrons. The first-order valence-electron chi connectivity index (χ1n) is 6.12.